The molecule has 1 heterocycles. The van der Waals surface area contributed by atoms with Gasteiger partial charge in [0.15, 0.2) is 5.96 Å². The average Bonchev–Trinajstić information content (AvgIpc) is 3.25. The predicted molar refractivity (Wildman–Crippen MR) is 135 cm³/mol. The van der Waals surface area contributed by atoms with Crippen molar-refractivity contribution in [2.75, 3.05) is 13.1 Å². The molecule has 1 aromatic carbocycles. The van der Waals surface area contributed by atoms with Crippen LogP contribution in [0.5, 0.6) is 0 Å². The molecule has 0 fully saturated rings. The Kier molecular flexibility index (Phi) is 11.9. The molecule has 2 aromatic rings. The molecule has 5 nitrogen and oxygen atoms in total. The highest BCUT2D eigenvalue weighted by atomic mass is 127. The summed E-state index contributed by atoms with van der Waals surface area (Å²) in [6.07, 6.45) is 0.920. The maximum Gasteiger partial charge on any atom is 0.251 e. The number of nitrogens with zero attached hydrogens (tertiary/aromatic N) is 1. The lowest BCUT2D eigenvalue weighted by atomic mass is 10.1. The van der Waals surface area contributed by atoms with E-state index in [0.717, 1.165) is 31.0 Å². The van der Waals surface area contributed by atoms with Gasteiger partial charge in [-0.1, -0.05) is 32.0 Å². The number of halogens is 1. The quantitative estimate of drug-likeness (QED) is 0.250. The van der Waals surface area contributed by atoms with Crippen LogP contribution in [0.25, 0.3) is 0 Å². The highest BCUT2D eigenvalue weighted by Crippen LogP contribution is 2.19. The van der Waals surface area contributed by atoms with Crippen molar-refractivity contribution in [3.05, 3.63) is 57.8 Å². The molecular weight excluding hydrogens is 495 g/mol. The van der Waals surface area contributed by atoms with E-state index >= 15 is 0 Å². The van der Waals surface area contributed by atoms with Gasteiger partial charge in [-0.3, -0.25) is 4.79 Å². The van der Waals surface area contributed by atoms with Crippen molar-refractivity contribution in [3.8, 4) is 0 Å². The second-order valence-corrected chi connectivity index (χ2v) is 7.95. The maximum atomic E-state index is 12.2. The van der Waals surface area contributed by atoms with E-state index in [2.05, 4.69) is 59.2 Å². The van der Waals surface area contributed by atoms with E-state index in [1.165, 1.54) is 4.88 Å². The fourth-order valence-electron chi connectivity index (χ4n) is 2.60. The van der Waals surface area contributed by atoms with Gasteiger partial charge in [0.1, 0.15) is 0 Å². The van der Waals surface area contributed by atoms with Crippen LogP contribution in [0.4, 0.5) is 0 Å². The van der Waals surface area contributed by atoms with Crippen LogP contribution in [0, 0.1) is 0 Å². The number of amides is 1. The molecule has 0 saturated carbocycles. The van der Waals surface area contributed by atoms with Gasteiger partial charge in [-0.25, -0.2) is 4.99 Å². The van der Waals surface area contributed by atoms with E-state index in [0.29, 0.717) is 18.0 Å². The van der Waals surface area contributed by atoms with Crippen molar-refractivity contribution in [2.45, 2.75) is 52.6 Å². The van der Waals surface area contributed by atoms with E-state index in [9.17, 15) is 4.79 Å². The summed E-state index contributed by atoms with van der Waals surface area (Å²) in [6.45, 7) is 10.6. The van der Waals surface area contributed by atoms with Gasteiger partial charge in [-0.15, -0.1) is 35.3 Å². The molecule has 0 bridgehead atoms. The van der Waals surface area contributed by atoms with E-state index in [1.807, 2.05) is 31.2 Å². The Hall–Kier alpha value is -1.61. The van der Waals surface area contributed by atoms with Gasteiger partial charge in [-0.05, 0) is 49.4 Å². The Balaban J connectivity index is 0.00000420. The number of rotatable bonds is 9. The maximum absolute atomic E-state index is 12.2. The summed E-state index contributed by atoms with van der Waals surface area (Å²) in [6, 6.07) is 12.1. The monoisotopic (exact) mass is 528 g/mol. The first-order valence-corrected chi connectivity index (χ1v) is 10.9. The normalized spacial score (nSPS) is 13.2. The summed E-state index contributed by atoms with van der Waals surface area (Å²) in [5, 5.41) is 11.8. The van der Waals surface area contributed by atoms with Crippen LogP contribution < -0.4 is 16.0 Å². The van der Waals surface area contributed by atoms with Crippen LogP contribution in [0.3, 0.4) is 0 Å². The Morgan fingerprint density at radius 2 is 1.83 bits per heavy atom. The highest BCUT2D eigenvalue weighted by molar-refractivity contribution is 14.0. The summed E-state index contributed by atoms with van der Waals surface area (Å²) in [4.78, 5) is 18.2. The molecule has 0 radical (unpaired) electrons. The third kappa shape index (κ3) is 8.74. The molecule has 2 unspecified atom stereocenters. The minimum absolute atomic E-state index is 0. The Morgan fingerprint density at radius 3 is 2.41 bits per heavy atom. The van der Waals surface area contributed by atoms with Crippen LogP contribution in [-0.2, 0) is 6.54 Å². The molecule has 2 rings (SSSR count). The number of carbonyl (C=O) groups excluding carboxylic acids is 1. The van der Waals surface area contributed by atoms with Crippen LogP contribution in [-0.4, -0.2) is 31.0 Å². The van der Waals surface area contributed by atoms with Gasteiger partial charge >= 0.3 is 0 Å². The number of carbonyl (C=O) groups is 1. The van der Waals surface area contributed by atoms with Crippen molar-refractivity contribution < 1.29 is 4.79 Å². The van der Waals surface area contributed by atoms with Crippen LogP contribution in [0.1, 0.15) is 60.8 Å². The SMILES string of the molecule is CCNC(=NCc1ccc(C(=O)NC(C)CC)cc1)NCC(C)c1cccs1.I. The first kappa shape index (κ1) is 25.4. The van der Waals surface area contributed by atoms with Crippen LogP contribution in [0.2, 0.25) is 0 Å². The minimum atomic E-state index is -0.0260. The number of nitrogens with one attached hydrogen (secondary N) is 3. The van der Waals surface area contributed by atoms with Gasteiger partial charge in [0.25, 0.3) is 5.91 Å². The summed E-state index contributed by atoms with van der Waals surface area (Å²) < 4.78 is 0. The van der Waals surface area contributed by atoms with Gasteiger partial charge < -0.3 is 16.0 Å². The zero-order valence-electron chi connectivity index (χ0n) is 17.7. The van der Waals surface area contributed by atoms with Crippen LogP contribution in [0.15, 0.2) is 46.8 Å². The zero-order valence-corrected chi connectivity index (χ0v) is 20.8. The summed E-state index contributed by atoms with van der Waals surface area (Å²) in [5.41, 5.74) is 1.76. The molecule has 29 heavy (non-hydrogen) atoms. The average molecular weight is 529 g/mol. The molecule has 160 valence electrons. The van der Waals surface area contributed by atoms with E-state index < -0.39 is 0 Å². The van der Waals surface area contributed by atoms with Gasteiger partial charge in [-0.2, -0.15) is 0 Å². The molecule has 0 spiro atoms. The molecule has 1 amide bonds. The van der Waals surface area contributed by atoms with Gasteiger partial charge in [0, 0.05) is 35.5 Å². The highest BCUT2D eigenvalue weighted by Gasteiger charge is 2.09. The third-order valence-electron chi connectivity index (χ3n) is 4.57. The number of aliphatic imine (C=N–C) groups is 1. The molecule has 3 N–H and O–H groups in total. The van der Waals surface area contributed by atoms with E-state index in [1.54, 1.807) is 11.3 Å². The van der Waals surface area contributed by atoms with Gasteiger partial charge in [0.2, 0.25) is 0 Å². The second kappa shape index (κ2) is 13.6. The van der Waals surface area contributed by atoms with Crippen molar-refractivity contribution >= 4 is 47.2 Å². The first-order chi connectivity index (χ1) is 13.5. The topological polar surface area (TPSA) is 65.5 Å². The van der Waals surface area contributed by atoms with Crippen molar-refractivity contribution in [3.63, 3.8) is 0 Å². The molecule has 0 saturated heterocycles. The molecule has 0 aliphatic rings. The lowest BCUT2D eigenvalue weighted by Gasteiger charge is -2.15. The van der Waals surface area contributed by atoms with Crippen molar-refractivity contribution in [2.24, 2.45) is 4.99 Å². The number of benzene rings is 1. The largest absolute Gasteiger partial charge is 0.357 e. The molecule has 1 aromatic heterocycles. The Labute approximate surface area is 195 Å². The van der Waals surface area contributed by atoms with Gasteiger partial charge in [0.05, 0.1) is 6.54 Å². The smallest absolute Gasteiger partial charge is 0.251 e. The molecule has 2 atom stereocenters. The Morgan fingerprint density at radius 1 is 1.10 bits per heavy atom. The zero-order chi connectivity index (χ0) is 20.4. The fourth-order valence-corrected chi connectivity index (χ4v) is 3.39. The molecular formula is C22H33IN4OS. The number of thiophene rings is 1. The van der Waals surface area contributed by atoms with Crippen molar-refractivity contribution in [1.29, 1.82) is 0 Å². The number of guanidine groups is 1. The third-order valence-corrected chi connectivity index (χ3v) is 5.68. The Bertz CT molecular complexity index is 747. The number of hydrogen-bond donors (Lipinski definition) is 3. The van der Waals surface area contributed by atoms with E-state index in [-0.39, 0.29) is 35.9 Å². The lowest BCUT2D eigenvalue weighted by Crippen LogP contribution is -2.39. The second-order valence-electron chi connectivity index (χ2n) is 6.97. The van der Waals surface area contributed by atoms with Crippen molar-refractivity contribution in [1.82, 2.24) is 16.0 Å². The molecule has 0 aliphatic heterocycles. The fraction of sp³-hybridized carbons (Fsp3) is 0.455. The predicted octanol–water partition coefficient (Wildman–Crippen LogP) is 4.75. The summed E-state index contributed by atoms with van der Waals surface area (Å²) in [7, 11) is 0. The lowest BCUT2D eigenvalue weighted by molar-refractivity contribution is 0.0939. The molecule has 7 heteroatoms. The first-order valence-electron chi connectivity index (χ1n) is 9.98. The summed E-state index contributed by atoms with van der Waals surface area (Å²) >= 11 is 1.78. The van der Waals surface area contributed by atoms with Crippen LogP contribution >= 0.6 is 35.3 Å². The standard InChI is InChI=1S/C22H32N4OS.HI/c1-5-17(4)26-21(27)19-11-9-18(10-12-19)15-25-22(23-6-2)24-14-16(3)20-8-7-13-28-20;/h7-13,16-17H,5-6,14-15H2,1-4H3,(H,26,27)(H2,23,24,25);1H. The molecule has 0 aliphatic carbocycles. The minimum Gasteiger partial charge on any atom is -0.357 e. The summed E-state index contributed by atoms with van der Waals surface area (Å²) in [5.74, 6) is 1.22. The number of hydrogen-bond acceptors (Lipinski definition) is 3. The van der Waals surface area contributed by atoms with E-state index in [4.69, 9.17) is 0 Å².